The minimum absolute atomic E-state index is 0.0209. The van der Waals surface area contributed by atoms with Crippen molar-refractivity contribution in [2.75, 3.05) is 5.32 Å². The van der Waals surface area contributed by atoms with Gasteiger partial charge in [0.15, 0.2) is 5.60 Å². The largest absolute Gasteiger partial charge is 0.375 e. The van der Waals surface area contributed by atoms with Gasteiger partial charge in [-0.1, -0.05) is 30.5 Å². The van der Waals surface area contributed by atoms with E-state index in [4.69, 9.17) is 4.52 Å². The van der Waals surface area contributed by atoms with E-state index in [1.54, 1.807) is 0 Å². The molecule has 1 aliphatic heterocycles. The van der Waals surface area contributed by atoms with Gasteiger partial charge < -0.3 is 14.9 Å². The van der Waals surface area contributed by atoms with E-state index in [-0.39, 0.29) is 11.8 Å². The Morgan fingerprint density at radius 1 is 1.25 bits per heavy atom. The second-order valence-electron chi connectivity index (χ2n) is 7.01. The lowest BCUT2D eigenvalue weighted by Crippen LogP contribution is -2.42. The van der Waals surface area contributed by atoms with E-state index in [0.29, 0.717) is 11.3 Å². The quantitative estimate of drug-likeness (QED) is 0.883. The molecule has 1 aromatic heterocycles. The Bertz CT molecular complexity index is 785. The zero-order chi connectivity index (χ0) is 16.9. The maximum atomic E-state index is 12.6. The van der Waals surface area contributed by atoms with Crippen LogP contribution in [0.5, 0.6) is 0 Å². The highest BCUT2D eigenvalue weighted by Crippen LogP contribution is 2.47. The Balaban J connectivity index is 1.82. The number of benzene rings is 1. The minimum Gasteiger partial charge on any atom is -0.375 e. The number of nitrogens with zero attached hydrogens (tertiary/aromatic N) is 1. The number of aryl methyl sites for hydroxylation is 2. The van der Waals surface area contributed by atoms with Gasteiger partial charge in [-0.3, -0.25) is 4.79 Å². The SMILES string of the molecule is Cc1noc(C)c1-c1ccc2c(c1)C(O)(C1CCCCC1)C(=O)N2. The number of carbonyl (C=O) groups is 1. The molecule has 1 aliphatic carbocycles. The smallest absolute Gasteiger partial charge is 0.261 e. The number of fused-ring (bicyclic) bond motifs is 1. The maximum absolute atomic E-state index is 12.6. The predicted molar refractivity (Wildman–Crippen MR) is 90.5 cm³/mol. The van der Waals surface area contributed by atoms with Gasteiger partial charge in [-0.2, -0.15) is 0 Å². The van der Waals surface area contributed by atoms with E-state index < -0.39 is 5.60 Å². The van der Waals surface area contributed by atoms with Crippen LogP contribution in [0.15, 0.2) is 22.7 Å². The zero-order valence-corrected chi connectivity index (χ0v) is 14.1. The van der Waals surface area contributed by atoms with Crippen LogP contribution in [-0.4, -0.2) is 16.2 Å². The summed E-state index contributed by atoms with van der Waals surface area (Å²) in [7, 11) is 0. The highest BCUT2D eigenvalue weighted by molar-refractivity contribution is 6.05. The molecule has 5 heteroatoms. The van der Waals surface area contributed by atoms with Gasteiger partial charge >= 0.3 is 0 Å². The van der Waals surface area contributed by atoms with Gasteiger partial charge in [-0.05, 0) is 44.4 Å². The van der Waals surface area contributed by atoms with Crippen molar-refractivity contribution in [1.82, 2.24) is 5.16 Å². The van der Waals surface area contributed by atoms with Crippen LogP contribution in [-0.2, 0) is 10.4 Å². The molecule has 1 amide bonds. The third-order valence-electron chi connectivity index (χ3n) is 5.54. The van der Waals surface area contributed by atoms with Crippen LogP contribution >= 0.6 is 0 Å². The van der Waals surface area contributed by atoms with Crippen LogP contribution in [0.4, 0.5) is 5.69 Å². The van der Waals surface area contributed by atoms with E-state index >= 15 is 0 Å². The van der Waals surface area contributed by atoms with Crippen molar-refractivity contribution < 1.29 is 14.4 Å². The molecule has 5 nitrogen and oxygen atoms in total. The van der Waals surface area contributed by atoms with Crippen molar-refractivity contribution in [3.63, 3.8) is 0 Å². The third kappa shape index (κ3) is 2.11. The molecule has 2 aromatic rings. The fourth-order valence-electron chi connectivity index (χ4n) is 4.28. The lowest BCUT2D eigenvalue weighted by molar-refractivity contribution is -0.141. The molecular formula is C19H22N2O3. The van der Waals surface area contributed by atoms with Crippen LogP contribution < -0.4 is 5.32 Å². The molecule has 0 bridgehead atoms. The number of carbonyl (C=O) groups excluding carboxylic acids is 1. The molecule has 126 valence electrons. The number of hydrogen-bond donors (Lipinski definition) is 2. The van der Waals surface area contributed by atoms with Crippen molar-refractivity contribution in [2.45, 2.75) is 51.6 Å². The highest BCUT2D eigenvalue weighted by Gasteiger charge is 2.51. The first-order valence-corrected chi connectivity index (χ1v) is 8.63. The van der Waals surface area contributed by atoms with Gasteiger partial charge in [0.05, 0.1) is 5.69 Å². The molecule has 2 N–H and O–H groups in total. The average molecular weight is 326 g/mol. The van der Waals surface area contributed by atoms with Crippen LogP contribution in [0.25, 0.3) is 11.1 Å². The van der Waals surface area contributed by atoms with E-state index in [2.05, 4.69) is 10.5 Å². The Labute approximate surface area is 141 Å². The van der Waals surface area contributed by atoms with E-state index in [1.165, 1.54) is 6.42 Å². The second-order valence-corrected chi connectivity index (χ2v) is 7.01. The Morgan fingerprint density at radius 3 is 2.67 bits per heavy atom. The second kappa shape index (κ2) is 5.45. The predicted octanol–water partition coefficient (Wildman–Crippen LogP) is 3.68. The summed E-state index contributed by atoms with van der Waals surface area (Å²) >= 11 is 0. The van der Waals surface area contributed by atoms with Gasteiger partial charge in [-0.25, -0.2) is 0 Å². The molecule has 24 heavy (non-hydrogen) atoms. The fourth-order valence-corrected chi connectivity index (χ4v) is 4.28. The first-order valence-electron chi connectivity index (χ1n) is 8.63. The first kappa shape index (κ1) is 15.4. The van der Waals surface area contributed by atoms with Gasteiger partial charge in [0.1, 0.15) is 5.76 Å². The summed E-state index contributed by atoms with van der Waals surface area (Å²) < 4.78 is 5.26. The normalized spacial score (nSPS) is 24.0. The molecule has 0 spiro atoms. The summed E-state index contributed by atoms with van der Waals surface area (Å²) in [6.07, 6.45) is 5.09. The minimum atomic E-state index is -1.43. The Morgan fingerprint density at radius 2 is 2.00 bits per heavy atom. The molecule has 1 aromatic carbocycles. The van der Waals surface area contributed by atoms with Crippen LogP contribution in [0.3, 0.4) is 0 Å². The van der Waals surface area contributed by atoms with Gasteiger partial charge in [0, 0.05) is 22.7 Å². The number of amides is 1. The van der Waals surface area contributed by atoms with Crippen molar-refractivity contribution in [2.24, 2.45) is 5.92 Å². The summed E-state index contributed by atoms with van der Waals surface area (Å²) in [5.41, 5.74) is 2.65. The molecule has 4 rings (SSSR count). The number of aromatic nitrogens is 1. The Hall–Kier alpha value is -2.14. The maximum Gasteiger partial charge on any atom is 0.261 e. The number of rotatable bonds is 2. The number of aliphatic hydroxyl groups is 1. The van der Waals surface area contributed by atoms with Crippen LogP contribution in [0.2, 0.25) is 0 Å². The van der Waals surface area contributed by atoms with Crippen molar-refractivity contribution in [1.29, 1.82) is 0 Å². The summed E-state index contributed by atoms with van der Waals surface area (Å²) in [4.78, 5) is 12.6. The standard InChI is InChI=1S/C19H22N2O3/c1-11-17(12(2)24-21-11)13-8-9-16-15(10-13)19(23,18(22)20-16)14-6-4-3-5-7-14/h8-10,14,23H,3-7H2,1-2H3,(H,20,22). The highest BCUT2D eigenvalue weighted by atomic mass is 16.5. The molecule has 1 atom stereocenters. The lowest BCUT2D eigenvalue weighted by atomic mass is 9.73. The molecule has 2 heterocycles. The molecule has 1 fully saturated rings. The monoisotopic (exact) mass is 326 g/mol. The lowest BCUT2D eigenvalue weighted by Gasteiger charge is -2.34. The van der Waals surface area contributed by atoms with E-state index in [1.807, 2.05) is 32.0 Å². The zero-order valence-electron chi connectivity index (χ0n) is 14.1. The number of nitrogens with one attached hydrogen (secondary N) is 1. The molecule has 1 unspecified atom stereocenters. The van der Waals surface area contributed by atoms with Crippen LogP contribution in [0, 0.1) is 19.8 Å². The molecule has 0 saturated heterocycles. The summed E-state index contributed by atoms with van der Waals surface area (Å²) in [6, 6.07) is 5.74. The summed E-state index contributed by atoms with van der Waals surface area (Å²) in [6.45, 7) is 3.77. The van der Waals surface area contributed by atoms with Crippen molar-refractivity contribution in [3.8, 4) is 11.1 Å². The third-order valence-corrected chi connectivity index (χ3v) is 5.54. The summed E-state index contributed by atoms with van der Waals surface area (Å²) in [5.74, 6) is 0.429. The molecule has 0 radical (unpaired) electrons. The molecular weight excluding hydrogens is 304 g/mol. The fraction of sp³-hybridized carbons (Fsp3) is 0.474. The summed E-state index contributed by atoms with van der Waals surface area (Å²) in [5, 5.41) is 18.2. The van der Waals surface area contributed by atoms with Gasteiger partial charge in [-0.15, -0.1) is 0 Å². The average Bonchev–Trinajstić information content (AvgIpc) is 3.06. The topological polar surface area (TPSA) is 75.4 Å². The van der Waals surface area contributed by atoms with Crippen molar-refractivity contribution >= 4 is 11.6 Å². The van der Waals surface area contributed by atoms with Crippen molar-refractivity contribution in [3.05, 3.63) is 35.2 Å². The first-order chi connectivity index (χ1) is 11.5. The molecule has 1 saturated carbocycles. The molecule has 2 aliphatic rings. The number of hydrogen-bond acceptors (Lipinski definition) is 4. The Kier molecular flexibility index (Phi) is 3.49. The number of anilines is 1. The van der Waals surface area contributed by atoms with Crippen LogP contribution in [0.1, 0.15) is 49.1 Å². The van der Waals surface area contributed by atoms with Gasteiger partial charge in [0.2, 0.25) is 0 Å². The van der Waals surface area contributed by atoms with E-state index in [0.717, 1.165) is 48.3 Å². The van der Waals surface area contributed by atoms with Gasteiger partial charge in [0.25, 0.3) is 5.91 Å². The van der Waals surface area contributed by atoms with E-state index in [9.17, 15) is 9.90 Å².